The summed E-state index contributed by atoms with van der Waals surface area (Å²) < 4.78 is 0. The molecule has 0 radical (unpaired) electrons. The number of hydrogen-bond donors (Lipinski definition) is 2. The van der Waals surface area contributed by atoms with Crippen molar-refractivity contribution in [3.63, 3.8) is 0 Å². The first kappa shape index (κ1) is 15.4. The molecule has 112 valence electrons. The van der Waals surface area contributed by atoms with Crippen LogP contribution in [0.2, 0.25) is 0 Å². The number of hydrogen-bond acceptors (Lipinski definition) is 4. The highest BCUT2D eigenvalue weighted by molar-refractivity contribution is 8.00. The molecule has 1 aliphatic heterocycles. The van der Waals surface area contributed by atoms with Crippen molar-refractivity contribution in [1.29, 1.82) is 0 Å². The van der Waals surface area contributed by atoms with Crippen LogP contribution in [0.1, 0.15) is 12.8 Å². The summed E-state index contributed by atoms with van der Waals surface area (Å²) in [5.74, 6) is -1.22. The Bertz CT molecular complexity index is 562. The third-order valence-electron chi connectivity index (χ3n) is 3.00. The van der Waals surface area contributed by atoms with E-state index in [0.29, 0.717) is 24.3 Å². The first-order valence-electron chi connectivity index (χ1n) is 6.56. The Morgan fingerprint density at radius 1 is 1.29 bits per heavy atom. The Labute approximate surface area is 126 Å². The van der Waals surface area contributed by atoms with E-state index in [2.05, 4.69) is 5.32 Å². The molecular formula is C14H16N2O4S. The van der Waals surface area contributed by atoms with E-state index in [1.165, 1.54) is 0 Å². The van der Waals surface area contributed by atoms with Gasteiger partial charge in [-0.3, -0.25) is 14.4 Å². The number of amides is 2. The molecule has 2 amide bonds. The SMILES string of the molecule is O=C(O)CSCC(=O)Nc1ccccc1N1CCCC1=O. The molecule has 6 nitrogen and oxygen atoms in total. The van der Waals surface area contributed by atoms with Crippen LogP contribution < -0.4 is 10.2 Å². The highest BCUT2D eigenvalue weighted by Gasteiger charge is 2.24. The number of aliphatic carboxylic acids is 1. The lowest BCUT2D eigenvalue weighted by molar-refractivity contribution is -0.133. The third kappa shape index (κ3) is 4.22. The van der Waals surface area contributed by atoms with Crippen LogP contribution in [0.4, 0.5) is 11.4 Å². The van der Waals surface area contributed by atoms with Gasteiger partial charge in [-0.15, -0.1) is 11.8 Å². The molecule has 21 heavy (non-hydrogen) atoms. The Morgan fingerprint density at radius 3 is 2.71 bits per heavy atom. The van der Waals surface area contributed by atoms with E-state index >= 15 is 0 Å². The van der Waals surface area contributed by atoms with Crippen LogP contribution in [0.5, 0.6) is 0 Å². The van der Waals surface area contributed by atoms with Crippen LogP contribution in [0.25, 0.3) is 0 Å². The first-order valence-corrected chi connectivity index (χ1v) is 7.72. The number of nitrogens with one attached hydrogen (secondary N) is 1. The number of carboxylic acid groups (broad SMARTS) is 1. The second-order valence-electron chi connectivity index (χ2n) is 4.60. The van der Waals surface area contributed by atoms with Gasteiger partial charge in [0.05, 0.1) is 22.9 Å². The predicted molar refractivity (Wildman–Crippen MR) is 81.6 cm³/mol. The van der Waals surface area contributed by atoms with Crippen molar-refractivity contribution in [2.75, 3.05) is 28.3 Å². The van der Waals surface area contributed by atoms with E-state index in [-0.39, 0.29) is 23.3 Å². The standard InChI is InChI=1S/C14H16N2O4S/c17-12(8-21-9-14(19)20)15-10-4-1-2-5-11(10)16-7-3-6-13(16)18/h1-2,4-5H,3,6-9H2,(H,15,17)(H,19,20). The van der Waals surface area contributed by atoms with Crippen LogP contribution in [-0.2, 0) is 14.4 Å². The number of anilines is 2. The average Bonchev–Trinajstić information content (AvgIpc) is 2.85. The molecule has 2 N–H and O–H groups in total. The van der Waals surface area contributed by atoms with Gasteiger partial charge in [-0.25, -0.2) is 0 Å². The summed E-state index contributed by atoms with van der Waals surface area (Å²) in [6.45, 7) is 0.652. The van der Waals surface area contributed by atoms with E-state index < -0.39 is 5.97 Å². The van der Waals surface area contributed by atoms with Crippen LogP contribution in [0.15, 0.2) is 24.3 Å². The molecule has 1 heterocycles. The lowest BCUT2D eigenvalue weighted by atomic mass is 10.2. The fourth-order valence-corrected chi connectivity index (χ4v) is 2.67. The van der Waals surface area contributed by atoms with Gasteiger partial charge in [0, 0.05) is 13.0 Å². The zero-order valence-electron chi connectivity index (χ0n) is 11.4. The fraction of sp³-hybridized carbons (Fsp3) is 0.357. The zero-order chi connectivity index (χ0) is 15.2. The van der Waals surface area contributed by atoms with Gasteiger partial charge in [0.15, 0.2) is 0 Å². The maximum atomic E-state index is 11.8. The molecule has 0 saturated carbocycles. The first-order chi connectivity index (χ1) is 10.1. The largest absolute Gasteiger partial charge is 0.481 e. The Morgan fingerprint density at radius 2 is 2.05 bits per heavy atom. The molecule has 1 fully saturated rings. The van der Waals surface area contributed by atoms with Crippen molar-refractivity contribution in [3.8, 4) is 0 Å². The molecule has 0 spiro atoms. The molecule has 2 rings (SSSR count). The zero-order valence-corrected chi connectivity index (χ0v) is 12.2. The summed E-state index contributed by atoms with van der Waals surface area (Å²) in [4.78, 5) is 35.7. The number of carboxylic acids is 1. The van der Waals surface area contributed by atoms with Crippen LogP contribution in [-0.4, -0.2) is 40.9 Å². The van der Waals surface area contributed by atoms with Crippen molar-refractivity contribution in [3.05, 3.63) is 24.3 Å². The van der Waals surface area contributed by atoms with Crippen molar-refractivity contribution in [2.45, 2.75) is 12.8 Å². The number of nitrogens with zero attached hydrogens (tertiary/aromatic N) is 1. The molecule has 1 saturated heterocycles. The van der Waals surface area contributed by atoms with E-state index in [1.54, 1.807) is 23.1 Å². The van der Waals surface area contributed by atoms with Gasteiger partial charge in [-0.1, -0.05) is 12.1 Å². The number of thioether (sulfide) groups is 1. The lowest BCUT2D eigenvalue weighted by Gasteiger charge is -2.19. The quantitative estimate of drug-likeness (QED) is 0.833. The normalized spacial score (nSPS) is 14.3. The molecule has 0 aromatic heterocycles. The van der Waals surface area contributed by atoms with E-state index in [1.807, 2.05) is 6.07 Å². The number of benzene rings is 1. The van der Waals surface area contributed by atoms with Crippen LogP contribution in [0.3, 0.4) is 0 Å². The van der Waals surface area contributed by atoms with E-state index in [9.17, 15) is 14.4 Å². The van der Waals surface area contributed by atoms with Gasteiger partial charge in [0.1, 0.15) is 0 Å². The Hall–Kier alpha value is -2.02. The minimum absolute atomic E-state index is 0.0527. The highest BCUT2D eigenvalue weighted by Crippen LogP contribution is 2.29. The summed E-state index contributed by atoms with van der Waals surface area (Å²) in [5.41, 5.74) is 1.27. The molecule has 0 unspecified atom stereocenters. The monoisotopic (exact) mass is 308 g/mol. The number of carbonyl (C=O) groups is 3. The Balaban J connectivity index is 2.01. The van der Waals surface area contributed by atoms with E-state index in [4.69, 9.17) is 5.11 Å². The third-order valence-corrected chi connectivity index (χ3v) is 3.92. The van der Waals surface area contributed by atoms with Crippen LogP contribution >= 0.6 is 11.8 Å². The number of carbonyl (C=O) groups excluding carboxylic acids is 2. The maximum Gasteiger partial charge on any atom is 0.313 e. The van der Waals surface area contributed by atoms with Gasteiger partial charge in [-0.2, -0.15) is 0 Å². The molecule has 0 bridgehead atoms. The molecule has 7 heteroatoms. The lowest BCUT2D eigenvalue weighted by Crippen LogP contribution is -2.26. The average molecular weight is 308 g/mol. The molecule has 0 aliphatic carbocycles. The molecular weight excluding hydrogens is 292 g/mol. The van der Waals surface area contributed by atoms with Gasteiger partial charge in [0.2, 0.25) is 11.8 Å². The summed E-state index contributed by atoms with van der Waals surface area (Å²) in [6, 6.07) is 7.13. The minimum Gasteiger partial charge on any atom is -0.481 e. The van der Waals surface area contributed by atoms with Crippen molar-refractivity contribution in [2.24, 2.45) is 0 Å². The number of rotatable bonds is 6. The van der Waals surface area contributed by atoms with Gasteiger partial charge in [-0.05, 0) is 18.6 Å². The summed E-state index contributed by atoms with van der Waals surface area (Å²) in [6.07, 6.45) is 1.34. The van der Waals surface area contributed by atoms with E-state index in [0.717, 1.165) is 18.2 Å². The fourth-order valence-electron chi connectivity index (χ4n) is 2.13. The van der Waals surface area contributed by atoms with Crippen molar-refractivity contribution in [1.82, 2.24) is 0 Å². The second-order valence-corrected chi connectivity index (χ2v) is 5.59. The summed E-state index contributed by atoms with van der Waals surface area (Å²) in [5, 5.41) is 11.3. The summed E-state index contributed by atoms with van der Waals surface area (Å²) >= 11 is 1.04. The smallest absolute Gasteiger partial charge is 0.313 e. The van der Waals surface area contributed by atoms with Crippen LogP contribution in [0, 0.1) is 0 Å². The minimum atomic E-state index is -0.948. The van der Waals surface area contributed by atoms with Crippen molar-refractivity contribution < 1.29 is 19.5 Å². The van der Waals surface area contributed by atoms with Gasteiger partial charge in [0.25, 0.3) is 0 Å². The molecule has 1 aromatic carbocycles. The predicted octanol–water partition coefficient (Wildman–Crippen LogP) is 1.57. The maximum absolute atomic E-state index is 11.8. The summed E-state index contributed by atoms with van der Waals surface area (Å²) in [7, 11) is 0. The molecule has 1 aromatic rings. The highest BCUT2D eigenvalue weighted by atomic mass is 32.2. The second kappa shape index (κ2) is 7.12. The topological polar surface area (TPSA) is 86.7 Å². The molecule has 1 aliphatic rings. The van der Waals surface area contributed by atoms with Gasteiger partial charge >= 0.3 is 5.97 Å². The van der Waals surface area contributed by atoms with Crippen molar-refractivity contribution >= 4 is 40.9 Å². The van der Waals surface area contributed by atoms with Gasteiger partial charge < -0.3 is 15.3 Å². The molecule has 0 atom stereocenters. The number of para-hydroxylation sites is 2. The Kier molecular flexibility index (Phi) is 5.21.